The number of aromatic nitrogens is 1. The van der Waals surface area contributed by atoms with E-state index in [4.69, 9.17) is 9.88 Å². The van der Waals surface area contributed by atoms with Crippen molar-refractivity contribution in [1.82, 2.24) is 4.98 Å². The molecule has 16 heavy (non-hydrogen) atoms. The van der Waals surface area contributed by atoms with Gasteiger partial charge in [-0.25, -0.2) is 27.3 Å². The summed E-state index contributed by atoms with van der Waals surface area (Å²) in [6.45, 7) is 1.48. The molecule has 0 unspecified atom stereocenters. The Morgan fingerprint density at radius 1 is 1.50 bits per heavy atom. The first-order chi connectivity index (χ1) is 7.27. The molecule has 0 aliphatic rings. The minimum Gasteiger partial charge on any atom is -0.481 e. The van der Waals surface area contributed by atoms with Gasteiger partial charge in [-0.1, -0.05) is 0 Å². The molecule has 1 aromatic rings. The molecule has 5 nitrogen and oxygen atoms in total. The van der Waals surface area contributed by atoms with Crippen LogP contribution >= 0.6 is 0 Å². The molecule has 0 saturated heterocycles. The molecule has 8 heteroatoms. The topological polar surface area (TPSA) is 82.3 Å². The highest BCUT2D eigenvalue weighted by Gasteiger charge is 2.24. The van der Waals surface area contributed by atoms with E-state index in [1.165, 1.54) is 14.0 Å². The number of methoxy groups -OCH3 is 1. The first kappa shape index (κ1) is 12.8. The van der Waals surface area contributed by atoms with Gasteiger partial charge in [-0.05, 0) is 13.0 Å². The van der Waals surface area contributed by atoms with E-state index >= 15 is 0 Å². The van der Waals surface area contributed by atoms with Gasteiger partial charge < -0.3 is 4.74 Å². The van der Waals surface area contributed by atoms with Gasteiger partial charge in [-0.3, -0.25) is 0 Å². The van der Waals surface area contributed by atoms with Crippen molar-refractivity contribution in [3.63, 3.8) is 0 Å². The van der Waals surface area contributed by atoms with Crippen molar-refractivity contribution in [2.45, 2.75) is 18.2 Å². The van der Waals surface area contributed by atoms with Gasteiger partial charge in [-0.15, -0.1) is 0 Å². The minimum absolute atomic E-state index is 0.0531. The van der Waals surface area contributed by atoms with Gasteiger partial charge >= 0.3 is 0 Å². The number of sulfonamides is 1. The zero-order valence-electron chi connectivity index (χ0n) is 8.57. The van der Waals surface area contributed by atoms with Crippen molar-refractivity contribution in [2.75, 3.05) is 7.11 Å². The van der Waals surface area contributed by atoms with E-state index in [-0.39, 0.29) is 5.88 Å². The van der Waals surface area contributed by atoms with E-state index in [1.807, 2.05) is 0 Å². The molecule has 0 radical (unpaired) electrons. The number of nitrogens with zero attached hydrogens (tertiary/aromatic N) is 1. The largest absolute Gasteiger partial charge is 0.481 e. The van der Waals surface area contributed by atoms with Crippen molar-refractivity contribution < 1.29 is 21.9 Å². The molecule has 2 N–H and O–H groups in total. The maximum Gasteiger partial charge on any atom is 0.281 e. The smallest absolute Gasteiger partial charge is 0.281 e. The van der Waals surface area contributed by atoms with Crippen LogP contribution in [-0.4, -0.2) is 20.5 Å². The molecule has 1 rings (SSSR count). The molecule has 0 atom stereocenters. The monoisotopic (exact) mass is 252 g/mol. The number of nitrogens with two attached hydrogens (primary N) is 1. The Kier molecular flexibility index (Phi) is 3.44. The van der Waals surface area contributed by atoms with Crippen molar-refractivity contribution in [1.29, 1.82) is 0 Å². The predicted molar refractivity (Wildman–Crippen MR) is 51.9 cm³/mol. The highest BCUT2D eigenvalue weighted by atomic mass is 32.2. The van der Waals surface area contributed by atoms with E-state index in [1.54, 1.807) is 0 Å². The van der Waals surface area contributed by atoms with Gasteiger partial charge in [0.25, 0.3) is 6.43 Å². The lowest BCUT2D eigenvalue weighted by Crippen LogP contribution is -2.16. The predicted octanol–water partition coefficient (Wildman–Crippen LogP) is 0.984. The second kappa shape index (κ2) is 4.30. The number of aryl methyl sites for hydroxylation is 1. The summed E-state index contributed by atoms with van der Waals surface area (Å²) >= 11 is 0. The van der Waals surface area contributed by atoms with Crippen molar-refractivity contribution in [3.05, 3.63) is 17.3 Å². The molecule has 1 heterocycles. The van der Waals surface area contributed by atoms with Crippen molar-refractivity contribution >= 4 is 10.0 Å². The average Bonchev–Trinajstić information content (AvgIpc) is 2.15. The Balaban J connectivity index is 3.55. The third kappa shape index (κ3) is 2.45. The summed E-state index contributed by atoms with van der Waals surface area (Å²) in [5, 5.41) is 4.81. The summed E-state index contributed by atoms with van der Waals surface area (Å²) in [5.41, 5.74) is -0.583. The van der Waals surface area contributed by atoms with E-state index in [0.29, 0.717) is 5.56 Å². The van der Waals surface area contributed by atoms with Crippen LogP contribution in [0.3, 0.4) is 0 Å². The number of ether oxygens (including phenoxy) is 1. The number of hydrogen-bond donors (Lipinski definition) is 1. The number of hydrogen-bond acceptors (Lipinski definition) is 4. The molecule has 0 aromatic carbocycles. The molecule has 90 valence electrons. The zero-order valence-corrected chi connectivity index (χ0v) is 9.38. The summed E-state index contributed by atoms with van der Waals surface area (Å²) in [7, 11) is -2.97. The quantitative estimate of drug-likeness (QED) is 0.869. The third-order valence-electron chi connectivity index (χ3n) is 1.87. The molecule has 0 spiro atoms. The number of rotatable bonds is 3. The molecule has 0 bridgehead atoms. The van der Waals surface area contributed by atoms with Crippen molar-refractivity contribution in [2.24, 2.45) is 5.14 Å². The van der Waals surface area contributed by atoms with Gasteiger partial charge in [-0.2, -0.15) is 0 Å². The molecule has 0 amide bonds. The normalized spacial score (nSPS) is 11.9. The molecular weight excluding hydrogens is 242 g/mol. The fourth-order valence-corrected chi connectivity index (χ4v) is 1.94. The SMILES string of the molecule is COc1nc(C(F)F)c(S(N)(=O)=O)cc1C. The van der Waals surface area contributed by atoms with Crippen LogP contribution in [0.1, 0.15) is 17.7 Å². The Morgan fingerprint density at radius 3 is 2.44 bits per heavy atom. The highest BCUT2D eigenvalue weighted by Crippen LogP contribution is 2.28. The van der Waals surface area contributed by atoms with Gasteiger partial charge in [0.2, 0.25) is 15.9 Å². The molecule has 1 aromatic heterocycles. The lowest BCUT2D eigenvalue weighted by molar-refractivity contribution is 0.141. The standard InChI is InChI=1S/C8H10F2N2O3S/c1-4-3-5(16(11,13)14)6(7(9)10)12-8(4)15-2/h3,7H,1-2H3,(H2,11,13,14). The van der Waals surface area contributed by atoms with Gasteiger partial charge in [0, 0.05) is 5.56 Å². The van der Waals surface area contributed by atoms with Crippen LogP contribution in [0, 0.1) is 6.92 Å². The lowest BCUT2D eigenvalue weighted by atomic mass is 10.2. The summed E-state index contributed by atoms with van der Waals surface area (Å²) in [6.07, 6.45) is -3.04. The molecule has 0 aliphatic heterocycles. The van der Waals surface area contributed by atoms with Gasteiger partial charge in [0.1, 0.15) is 10.6 Å². The van der Waals surface area contributed by atoms with Crippen LogP contribution in [0.4, 0.5) is 8.78 Å². The Hall–Kier alpha value is -1.28. The van der Waals surface area contributed by atoms with Gasteiger partial charge in [0.05, 0.1) is 7.11 Å². The fraction of sp³-hybridized carbons (Fsp3) is 0.375. The number of pyridine rings is 1. The van der Waals surface area contributed by atoms with Crippen molar-refractivity contribution in [3.8, 4) is 5.88 Å². The maximum absolute atomic E-state index is 12.6. The van der Waals surface area contributed by atoms with Crippen LogP contribution in [0.25, 0.3) is 0 Å². The molecular formula is C8H10F2N2O3S. The van der Waals surface area contributed by atoms with Crippen LogP contribution in [0.5, 0.6) is 5.88 Å². The number of primary sulfonamides is 1. The van der Waals surface area contributed by atoms with E-state index in [0.717, 1.165) is 6.07 Å². The maximum atomic E-state index is 12.6. The first-order valence-electron chi connectivity index (χ1n) is 4.14. The Bertz CT molecular complexity index is 502. The number of halogens is 2. The van der Waals surface area contributed by atoms with Crippen LogP contribution < -0.4 is 9.88 Å². The summed E-state index contributed by atoms with van der Waals surface area (Å²) in [6, 6.07) is 1.02. The zero-order chi connectivity index (χ0) is 12.5. The fourth-order valence-electron chi connectivity index (χ4n) is 1.18. The second-order valence-corrected chi connectivity index (χ2v) is 4.57. The molecule has 0 saturated carbocycles. The lowest BCUT2D eigenvalue weighted by Gasteiger charge is -2.10. The number of alkyl halides is 2. The molecule has 0 aliphatic carbocycles. The second-order valence-electron chi connectivity index (χ2n) is 3.04. The van der Waals surface area contributed by atoms with E-state index in [2.05, 4.69) is 4.98 Å². The van der Waals surface area contributed by atoms with Crippen LogP contribution in [0.15, 0.2) is 11.0 Å². The third-order valence-corrected chi connectivity index (χ3v) is 2.81. The summed E-state index contributed by atoms with van der Waals surface area (Å²) in [4.78, 5) is 2.75. The van der Waals surface area contributed by atoms with E-state index in [9.17, 15) is 17.2 Å². The molecule has 0 fully saturated rings. The Labute approximate surface area is 91.3 Å². The Morgan fingerprint density at radius 2 is 2.06 bits per heavy atom. The highest BCUT2D eigenvalue weighted by molar-refractivity contribution is 7.89. The van der Waals surface area contributed by atoms with Crippen LogP contribution in [0.2, 0.25) is 0 Å². The average molecular weight is 252 g/mol. The summed E-state index contributed by atoms with van der Waals surface area (Å²) in [5.74, 6) is -0.0531. The van der Waals surface area contributed by atoms with E-state index < -0.39 is 27.0 Å². The van der Waals surface area contributed by atoms with Gasteiger partial charge in [0.15, 0.2) is 0 Å². The first-order valence-corrected chi connectivity index (χ1v) is 5.68. The summed E-state index contributed by atoms with van der Waals surface area (Å²) < 4.78 is 52.0. The minimum atomic E-state index is -4.22. The van der Waals surface area contributed by atoms with Crippen LogP contribution in [-0.2, 0) is 10.0 Å².